The smallest absolute Gasteiger partial charge is 0.255 e. The van der Waals surface area contributed by atoms with Crippen molar-refractivity contribution in [1.29, 1.82) is 0 Å². The van der Waals surface area contributed by atoms with Gasteiger partial charge < -0.3 is 0 Å². The first kappa shape index (κ1) is 18.3. The first-order valence-corrected chi connectivity index (χ1v) is 10.6. The largest absolute Gasteiger partial charge is 0.270 e. The summed E-state index contributed by atoms with van der Waals surface area (Å²) in [7, 11) is -3.84. The lowest BCUT2D eigenvalue weighted by atomic mass is 9.87. The van der Waals surface area contributed by atoms with Crippen molar-refractivity contribution in [3.8, 4) is 0 Å². The highest BCUT2D eigenvalue weighted by molar-refractivity contribution is 7.93. The Hall–Kier alpha value is -1.54. The van der Waals surface area contributed by atoms with Crippen molar-refractivity contribution < 1.29 is 17.2 Å². The lowest BCUT2D eigenvalue weighted by Gasteiger charge is -2.19. The van der Waals surface area contributed by atoms with Gasteiger partial charge in [-0.15, -0.1) is 11.3 Å². The Bertz CT molecular complexity index is 821. The van der Waals surface area contributed by atoms with Gasteiger partial charge in [0.2, 0.25) is 0 Å². The van der Waals surface area contributed by atoms with Gasteiger partial charge in [-0.05, 0) is 25.0 Å². The van der Waals surface area contributed by atoms with E-state index in [0.29, 0.717) is 11.0 Å². The molecule has 8 heteroatoms. The van der Waals surface area contributed by atoms with E-state index in [-0.39, 0.29) is 10.5 Å². The molecule has 0 bridgehead atoms. The predicted molar refractivity (Wildman–Crippen MR) is 94.8 cm³/mol. The predicted octanol–water partition coefficient (Wildman–Crippen LogP) is 5.10. The fourth-order valence-corrected chi connectivity index (χ4v) is 5.06. The number of hydrogen-bond donors (Lipinski definition) is 1. The van der Waals surface area contributed by atoms with E-state index < -0.39 is 15.9 Å². The molecule has 2 aromatic rings. The third-order valence-electron chi connectivity index (χ3n) is 4.44. The summed E-state index contributed by atoms with van der Waals surface area (Å²) in [5.41, 5.74) is 0.712. The number of thiazole rings is 1. The molecule has 1 N–H and O–H groups in total. The number of anilines is 1. The maximum Gasteiger partial charge on any atom is 0.270 e. The molecule has 0 saturated heterocycles. The van der Waals surface area contributed by atoms with Crippen molar-refractivity contribution in [3.05, 3.63) is 40.9 Å². The Balaban J connectivity index is 1.74. The van der Waals surface area contributed by atoms with Crippen LogP contribution in [0, 0.1) is 0 Å². The van der Waals surface area contributed by atoms with Gasteiger partial charge in [-0.3, -0.25) is 4.72 Å². The number of nitrogens with one attached hydrogen (secondary N) is 1. The van der Waals surface area contributed by atoms with E-state index in [4.69, 9.17) is 0 Å². The number of halogens is 2. The van der Waals surface area contributed by atoms with Gasteiger partial charge in [0.15, 0.2) is 5.13 Å². The van der Waals surface area contributed by atoms with Gasteiger partial charge in [0, 0.05) is 23.8 Å². The Morgan fingerprint density at radius 1 is 1.16 bits per heavy atom. The van der Waals surface area contributed by atoms with Crippen LogP contribution in [0.25, 0.3) is 0 Å². The summed E-state index contributed by atoms with van der Waals surface area (Å²) in [6.07, 6.45) is 5.77. The highest BCUT2D eigenvalue weighted by Crippen LogP contribution is 2.34. The van der Waals surface area contributed by atoms with E-state index in [9.17, 15) is 17.2 Å². The van der Waals surface area contributed by atoms with Gasteiger partial charge in [-0.2, -0.15) is 0 Å². The Labute approximate surface area is 150 Å². The molecule has 0 spiro atoms. The van der Waals surface area contributed by atoms with Crippen molar-refractivity contribution in [2.24, 2.45) is 0 Å². The number of hydrogen-bond acceptors (Lipinski definition) is 4. The van der Waals surface area contributed by atoms with Crippen molar-refractivity contribution >= 4 is 26.5 Å². The van der Waals surface area contributed by atoms with E-state index in [1.54, 1.807) is 0 Å². The molecule has 1 fully saturated rings. The van der Waals surface area contributed by atoms with Gasteiger partial charge in [0.1, 0.15) is 0 Å². The van der Waals surface area contributed by atoms with E-state index >= 15 is 0 Å². The summed E-state index contributed by atoms with van der Waals surface area (Å²) < 4.78 is 53.7. The highest BCUT2D eigenvalue weighted by Gasteiger charge is 2.25. The normalized spacial score (nSPS) is 16.8. The average molecular weight is 386 g/mol. The van der Waals surface area contributed by atoms with Gasteiger partial charge in [-0.1, -0.05) is 31.4 Å². The van der Waals surface area contributed by atoms with Gasteiger partial charge in [-0.25, -0.2) is 22.2 Å². The number of benzene rings is 1. The van der Waals surface area contributed by atoms with Crippen LogP contribution >= 0.6 is 11.3 Å². The molecule has 0 radical (unpaired) electrons. The van der Waals surface area contributed by atoms with Crippen molar-refractivity contribution in [2.45, 2.75) is 55.8 Å². The van der Waals surface area contributed by atoms with Crippen molar-refractivity contribution in [1.82, 2.24) is 4.98 Å². The second-order valence-electron chi connectivity index (χ2n) is 6.43. The third-order valence-corrected chi connectivity index (χ3v) is 6.70. The van der Waals surface area contributed by atoms with Crippen LogP contribution in [0.5, 0.6) is 0 Å². The van der Waals surface area contributed by atoms with E-state index in [0.717, 1.165) is 37.6 Å². The molecule has 0 aliphatic heterocycles. The molecule has 1 aromatic carbocycles. The standard InChI is InChI=1S/C17H20F2N2O2S2/c1-17(18,19)13-7-9-14(10-8-13)25(22,23)21-16-20-15(11-24-16)12-5-3-2-4-6-12/h7-12H,2-6H2,1H3,(H,20,21). The molecular weight excluding hydrogens is 366 g/mol. The second-order valence-corrected chi connectivity index (χ2v) is 8.97. The summed E-state index contributed by atoms with van der Waals surface area (Å²) in [6.45, 7) is 0.775. The minimum atomic E-state index is -3.84. The van der Waals surface area contributed by atoms with Gasteiger partial charge in [0.05, 0.1) is 10.6 Å². The Morgan fingerprint density at radius 2 is 1.80 bits per heavy atom. The molecule has 4 nitrogen and oxygen atoms in total. The molecule has 1 aliphatic rings. The maximum absolute atomic E-state index is 13.2. The van der Waals surface area contributed by atoms with Crippen LogP contribution in [0.4, 0.5) is 13.9 Å². The molecule has 0 amide bonds. The first-order valence-electron chi connectivity index (χ1n) is 8.22. The van der Waals surface area contributed by atoms with E-state index in [2.05, 4.69) is 9.71 Å². The zero-order valence-corrected chi connectivity index (χ0v) is 15.5. The third kappa shape index (κ3) is 4.36. The molecule has 1 aromatic heterocycles. The van der Waals surface area contributed by atoms with Crippen LogP contribution in [0.15, 0.2) is 34.5 Å². The number of nitrogens with zero attached hydrogens (tertiary/aromatic N) is 1. The van der Waals surface area contributed by atoms with Gasteiger partial charge in [0.25, 0.3) is 15.9 Å². The fraction of sp³-hybridized carbons (Fsp3) is 0.471. The summed E-state index contributed by atoms with van der Waals surface area (Å²) in [6, 6.07) is 4.63. The number of aromatic nitrogens is 1. The van der Waals surface area contributed by atoms with Crippen LogP contribution in [-0.2, 0) is 15.9 Å². The minimum absolute atomic E-state index is 0.0603. The first-order chi connectivity index (χ1) is 11.8. The monoisotopic (exact) mass is 386 g/mol. The summed E-state index contributed by atoms with van der Waals surface area (Å²) in [4.78, 5) is 4.35. The molecule has 1 aliphatic carbocycles. The topological polar surface area (TPSA) is 59.1 Å². The molecule has 136 valence electrons. The molecule has 0 unspecified atom stereocenters. The fourth-order valence-electron chi connectivity index (χ4n) is 3.02. The molecule has 3 rings (SSSR count). The summed E-state index contributed by atoms with van der Waals surface area (Å²) in [5, 5.41) is 2.21. The molecule has 0 atom stereocenters. The molecule has 1 heterocycles. The SMILES string of the molecule is CC(F)(F)c1ccc(S(=O)(=O)Nc2nc(C3CCCCC3)cs2)cc1. The zero-order valence-electron chi connectivity index (χ0n) is 13.8. The van der Waals surface area contributed by atoms with Gasteiger partial charge >= 0.3 is 0 Å². The number of sulfonamides is 1. The lowest BCUT2D eigenvalue weighted by molar-refractivity contribution is 0.0174. The Morgan fingerprint density at radius 3 is 2.40 bits per heavy atom. The van der Waals surface area contributed by atoms with E-state index in [1.807, 2.05) is 5.38 Å². The number of alkyl halides is 2. The number of rotatable bonds is 5. The summed E-state index contributed by atoms with van der Waals surface area (Å²) >= 11 is 1.25. The van der Waals surface area contributed by atoms with Crippen LogP contribution in [0.3, 0.4) is 0 Å². The average Bonchev–Trinajstić information content (AvgIpc) is 3.03. The Kier molecular flexibility index (Phi) is 5.11. The maximum atomic E-state index is 13.2. The molecule has 1 saturated carbocycles. The van der Waals surface area contributed by atoms with Crippen LogP contribution in [-0.4, -0.2) is 13.4 Å². The quantitative estimate of drug-likeness (QED) is 0.777. The van der Waals surface area contributed by atoms with E-state index in [1.165, 1.54) is 42.7 Å². The van der Waals surface area contributed by atoms with Crippen LogP contribution in [0.2, 0.25) is 0 Å². The molecule has 25 heavy (non-hydrogen) atoms. The molecular formula is C17H20F2N2O2S2. The van der Waals surface area contributed by atoms with Crippen molar-refractivity contribution in [3.63, 3.8) is 0 Å². The van der Waals surface area contributed by atoms with Crippen LogP contribution < -0.4 is 4.72 Å². The highest BCUT2D eigenvalue weighted by atomic mass is 32.2. The summed E-state index contributed by atoms with van der Waals surface area (Å²) in [5.74, 6) is -2.60. The minimum Gasteiger partial charge on any atom is -0.255 e. The lowest BCUT2D eigenvalue weighted by Crippen LogP contribution is -2.14. The second kappa shape index (κ2) is 6.99. The van der Waals surface area contributed by atoms with Crippen LogP contribution in [0.1, 0.15) is 56.2 Å². The van der Waals surface area contributed by atoms with Crippen molar-refractivity contribution in [2.75, 3.05) is 4.72 Å². The zero-order chi connectivity index (χ0) is 18.1.